The fraction of sp³-hybridized carbons (Fsp3) is 0.300. The van der Waals surface area contributed by atoms with E-state index in [0.717, 1.165) is 17.5 Å². The van der Waals surface area contributed by atoms with Gasteiger partial charge in [0.1, 0.15) is 0 Å². The molecule has 1 amide bonds. The van der Waals surface area contributed by atoms with Gasteiger partial charge in [0.05, 0.1) is 20.8 Å². The molecule has 0 heterocycles. The van der Waals surface area contributed by atoms with Crippen LogP contribution in [0, 0.1) is 0 Å². The molecule has 0 radical (unpaired) electrons. The number of carbonyl (C=O) groups is 1. The number of benzene rings is 2. The molecule has 0 unspecified atom stereocenters. The number of guanidine groups is 1. The predicted octanol–water partition coefficient (Wildman–Crippen LogP) is 1.71. The lowest BCUT2D eigenvalue weighted by atomic mass is 10.1. The minimum Gasteiger partial charge on any atom is -0.493 e. The van der Waals surface area contributed by atoms with Crippen molar-refractivity contribution in [2.45, 2.75) is 13.0 Å². The predicted molar refractivity (Wildman–Crippen MR) is 106 cm³/mol. The standard InChI is InChI=1S/C20H26N4O3/c1-22-19(25)16-6-4-5-15(11-16)13-24-20(21)23-10-9-14-7-8-17(26-2)18(12-14)27-3/h4-8,11-12H,9-10,13H2,1-3H3,(H,22,25)(H3,21,23,24). The van der Waals surface area contributed by atoms with Gasteiger partial charge in [0.25, 0.3) is 5.91 Å². The van der Waals surface area contributed by atoms with E-state index in [1.165, 1.54) is 0 Å². The molecular weight excluding hydrogens is 344 g/mol. The Morgan fingerprint density at radius 3 is 2.56 bits per heavy atom. The van der Waals surface area contributed by atoms with Gasteiger partial charge in [0.15, 0.2) is 17.5 Å². The maximum Gasteiger partial charge on any atom is 0.251 e. The summed E-state index contributed by atoms with van der Waals surface area (Å²) in [6.45, 7) is 1.04. The number of ether oxygens (including phenoxy) is 2. The highest BCUT2D eigenvalue weighted by Crippen LogP contribution is 2.27. The van der Waals surface area contributed by atoms with Crippen molar-refractivity contribution in [3.05, 3.63) is 59.2 Å². The lowest BCUT2D eigenvalue weighted by molar-refractivity contribution is 0.0963. The van der Waals surface area contributed by atoms with Gasteiger partial charge in [-0.15, -0.1) is 0 Å². The molecule has 0 aliphatic heterocycles. The summed E-state index contributed by atoms with van der Waals surface area (Å²) in [5.41, 5.74) is 8.55. The number of nitrogens with two attached hydrogens (primary N) is 1. The second-order valence-electron chi connectivity index (χ2n) is 5.85. The van der Waals surface area contributed by atoms with Crippen molar-refractivity contribution in [2.24, 2.45) is 10.7 Å². The Morgan fingerprint density at radius 2 is 1.85 bits per heavy atom. The maximum absolute atomic E-state index is 11.7. The van der Waals surface area contributed by atoms with Crippen LogP contribution in [0.4, 0.5) is 0 Å². The van der Waals surface area contributed by atoms with E-state index in [9.17, 15) is 4.79 Å². The third-order valence-corrected chi connectivity index (χ3v) is 4.02. The fourth-order valence-corrected chi connectivity index (χ4v) is 2.56. The summed E-state index contributed by atoms with van der Waals surface area (Å²) in [6.07, 6.45) is 0.767. The van der Waals surface area contributed by atoms with Gasteiger partial charge in [-0.25, -0.2) is 4.99 Å². The van der Waals surface area contributed by atoms with Crippen molar-refractivity contribution in [1.82, 2.24) is 10.6 Å². The molecule has 2 aromatic carbocycles. The minimum absolute atomic E-state index is 0.123. The van der Waals surface area contributed by atoms with Gasteiger partial charge in [0, 0.05) is 19.2 Å². The Hall–Kier alpha value is -3.22. The van der Waals surface area contributed by atoms with E-state index in [2.05, 4.69) is 15.6 Å². The number of nitrogens with one attached hydrogen (secondary N) is 2. The average Bonchev–Trinajstić information content (AvgIpc) is 2.71. The minimum atomic E-state index is -0.123. The highest BCUT2D eigenvalue weighted by Gasteiger charge is 2.05. The first-order chi connectivity index (χ1) is 13.1. The number of carbonyl (C=O) groups excluding carboxylic acids is 1. The summed E-state index contributed by atoms with van der Waals surface area (Å²) in [7, 11) is 4.83. The van der Waals surface area contributed by atoms with Crippen LogP contribution >= 0.6 is 0 Å². The highest BCUT2D eigenvalue weighted by molar-refractivity contribution is 5.94. The molecule has 7 nitrogen and oxygen atoms in total. The second kappa shape index (κ2) is 10.1. The van der Waals surface area contributed by atoms with Crippen LogP contribution in [0.5, 0.6) is 11.5 Å². The van der Waals surface area contributed by atoms with E-state index in [4.69, 9.17) is 15.2 Å². The third kappa shape index (κ3) is 5.91. The molecular formula is C20H26N4O3. The van der Waals surface area contributed by atoms with Crippen molar-refractivity contribution in [3.63, 3.8) is 0 Å². The molecule has 7 heteroatoms. The van der Waals surface area contributed by atoms with Gasteiger partial charge in [0.2, 0.25) is 0 Å². The van der Waals surface area contributed by atoms with Crippen molar-refractivity contribution >= 4 is 11.9 Å². The van der Waals surface area contributed by atoms with Crippen LogP contribution in [-0.2, 0) is 13.0 Å². The Labute approximate surface area is 159 Å². The van der Waals surface area contributed by atoms with Crippen LogP contribution in [0.25, 0.3) is 0 Å². The van der Waals surface area contributed by atoms with Crippen LogP contribution in [0.2, 0.25) is 0 Å². The Kier molecular flexibility index (Phi) is 7.49. The van der Waals surface area contributed by atoms with Crippen LogP contribution < -0.4 is 25.8 Å². The molecule has 2 aromatic rings. The van der Waals surface area contributed by atoms with Crippen LogP contribution in [0.1, 0.15) is 21.5 Å². The van der Waals surface area contributed by atoms with Gasteiger partial charge in [-0.1, -0.05) is 18.2 Å². The Morgan fingerprint density at radius 1 is 1.07 bits per heavy atom. The van der Waals surface area contributed by atoms with E-state index in [0.29, 0.717) is 36.1 Å². The second-order valence-corrected chi connectivity index (χ2v) is 5.85. The van der Waals surface area contributed by atoms with Crippen LogP contribution in [-0.4, -0.2) is 39.7 Å². The SMILES string of the molecule is CNC(=O)c1cccc(CN=C(N)NCCc2ccc(OC)c(OC)c2)c1. The van der Waals surface area contributed by atoms with E-state index in [1.54, 1.807) is 33.4 Å². The summed E-state index contributed by atoms with van der Waals surface area (Å²) in [6, 6.07) is 13.1. The molecule has 0 atom stereocenters. The molecule has 144 valence electrons. The van der Waals surface area contributed by atoms with Crippen LogP contribution in [0.3, 0.4) is 0 Å². The average molecular weight is 370 g/mol. The summed E-state index contributed by atoms with van der Waals surface area (Å²) in [5, 5.41) is 5.70. The van der Waals surface area contributed by atoms with E-state index in [-0.39, 0.29) is 5.91 Å². The van der Waals surface area contributed by atoms with E-state index < -0.39 is 0 Å². The topological polar surface area (TPSA) is 98.0 Å². The van der Waals surface area contributed by atoms with Crippen LogP contribution in [0.15, 0.2) is 47.5 Å². The third-order valence-electron chi connectivity index (χ3n) is 4.02. The molecule has 0 saturated heterocycles. The van der Waals surface area contributed by atoms with Crippen molar-refractivity contribution < 1.29 is 14.3 Å². The molecule has 0 aliphatic rings. The molecule has 0 aromatic heterocycles. The summed E-state index contributed by atoms with van der Waals surface area (Å²) in [4.78, 5) is 16.0. The van der Waals surface area contributed by atoms with Gasteiger partial charge in [-0.05, 0) is 41.8 Å². The zero-order valence-electron chi connectivity index (χ0n) is 15.9. The molecule has 27 heavy (non-hydrogen) atoms. The van der Waals surface area contributed by atoms with Gasteiger partial charge < -0.3 is 25.8 Å². The van der Waals surface area contributed by atoms with Crippen molar-refractivity contribution in [2.75, 3.05) is 27.8 Å². The smallest absolute Gasteiger partial charge is 0.251 e. The highest BCUT2D eigenvalue weighted by atomic mass is 16.5. The number of nitrogens with zero attached hydrogens (tertiary/aromatic N) is 1. The first kappa shape index (κ1) is 20.1. The number of aliphatic imine (C=N–C) groups is 1. The van der Waals surface area contributed by atoms with Gasteiger partial charge in [-0.3, -0.25) is 4.79 Å². The molecule has 0 fully saturated rings. The normalized spacial score (nSPS) is 11.0. The molecule has 0 saturated carbocycles. The summed E-state index contributed by atoms with van der Waals surface area (Å²) in [5.74, 6) is 1.64. The molecule has 0 spiro atoms. The zero-order chi connectivity index (χ0) is 19.6. The van der Waals surface area contributed by atoms with Crippen molar-refractivity contribution in [3.8, 4) is 11.5 Å². The largest absolute Gasteiger partial charge is 0.493 e. The summed E-state index contributed by atoms with van der Waals surface area (Å²) >= 11 is 0. The fourth-order valence-electron chi connectivity index (χ4n) is 2.56. The van der Waals surface area contributed by atoms with Gasteiger partial charge >= 0.3 is 0 Å². The number of hydrogen-bond donors (Lipinski definition) is 3. The number of amides is 1. The molecule has 4 N–H and O–H groups in total. The number of rotatable bonds is 8. The van der Waals surface area contributed by atoms with E-state index in [1.807, 2.05) is 30.3 Å². The lowest BCUT2D eigenvalue weighted by Gasteiger charge is -2.10. The zero-order valence-corrected chi connectivity index (χ0v) is 15.9. The quantitative estimate of drug-likeness (QED) is 0.485. The maximum atomic E-state index is 11.7. The van der Waals surface area contributed by atoms with E-state index >= 15 is 0 Å². The first-order valence-corrected chi connectivity index (χ1v) is 8.63. The van der Waals surface area contributed by atoms with Crippen molar-refractivity contribution in [1.29, 1.82) is 0 Å². The monoisotopic (exact) mass is 370 g/mol. The Balaban J connectivity index is 1.87. The van der Waals surface area contributed by atoms with Gasteiger partial charge in [-0.2, -0.15) is 0 Å². The lowest BCUT2D eigenvalue weighted by Crippen LogP contribution is -2.33. The number of hydrogen-bond acceptors (Lipinski definition) is 4. The molecule has 2 rings (SSSR count). The number of methoxy groups -OCH3 is 2. The molecule has 0 bridgehead atoms. The summed E-state index contributed by atoms with van der Waals surface area (Å²) < 4.78 is 10.5. The molecule has 0 aliphatic carbocycles. The Bertz CT molecular complexity index is 806. The first-order valence-electron chi connectivity index (χ1n) is 8.63.